The maximum Gasteiger partial charge on any atom is 0.171 e. The van der Waals surface area contributed by atoms with Crippen LogP contribution in [0.3, 0.4) is 0 Å². The first kappa shape index (κ1) is 10.2. The van der Waals surface area contributed by atoms with Crippen LogP contribution >= 0.6 is 15.9 Å². The predicted octanol–water partition coefficient (Wildman–Crippen LogP) is 2.95. The fourth-order valence-electron chi connectivity index (χ4n) is 1.40. The minimum atomic E-state index is 0.733. The van der Waals surface area contributed by atoms with Gasteiger partial charge in [0.2, 0.25) is 0 Å². The molecule has 0 aliphatic rings. The summed E-state index contributed by atoms with van der Waals surface area (Å²) in [6.07, 6.45) is 1.69. The zero-order valence-electron chi connectivity index (χ0n) is 8.57. The highest BCUT2D eigenvalue weighted by Gasteiger charge is 2.09. The standard InChI is InChI=1S/C11H11BrN2O/c1-8-4-3-5-9(6-8)14-11(12)10(15-2)7-13-14/h3-7H,1-2H3. The van der Waals surface area contributed by atoms with Crippen molar-refractivity contribution >= 4 is 15.9 Å². The number of benzene rings is 1. The van der Waals surface area contributed by atoms with Gasteiger partial charge in [0.15, 0.2) is 10.4 Å². The van der Waals surface area contributed by atoms with E-state index in [0.717, 1.165) is 16.0 Å². The Morgan fingerprint density at radius 3 is 2.80 bits per heavy atom. The van der Waals surface area contributed by atoms with Crippen molar-refractivity contribution in [1.29, 1.82) is 0 Å². The Labute approximate surface area is 96.8 Å². The molecule has 0 fully saturated rings. The van der Waals surface area contributed by atoms with E-state index < -0.39 is 0 Å². The number of hydrogen-bond acceptors (Lipinski definition) is 2. The molecule has 15 heavy (non-hydrogen) atoms. The summed E-state index contributed by atoms with van der Waals surface area (Å²) < 4.78 is 7.77. The summed E-state index contributed by atoms with van der Waals surface area (Å²) in [5, 5.41) is 4.24. The number of hydrogen-bond donors (Lipinski definition) is 0. The van der Waals surface area contributed by atoms with Crippen molar-refractivity contribution < 1.29 is 4.74 Å². The fourth-order valence-corrected chi connectivity index (χ4v) is 1.96. The van der Waals surface area contributed by atoms with E-state index >= 15 is 0 Å². The molecule has 0 bridgehead atoms. The average molecular weight is 267 g/mol. The van der Waals surface area contributed by atoms with Crippen LogP contribution in [0, 0.1) is 6.92 Å². The third-order valence-electron chi connectivity index (χ3n) is 2.15. The van der Waals surface area contributed by atoms with Crippen LogP contribution in [0.2, 0.25) is 0 Å². The molecule has 1 aromatic carbocycles. The Bertz CT molecular complexity index is 479. The van der Waals surface area contributed by atoms with Crippen LogP contribution in [0.1, 0.15) is 5.56 Å². The van der Waals surface area contributed by atoms with Crippen molar-refractivity contribution in [3.63, 3.8) is 0 Å². The second-order valence-corrected chi connectivity index (χ2v) is 4.01. The van der Waals surface area contributed by atoms with Crippen LogP contribution in [-0.4, -0.2) is 16.9 Å². The number of ether oxygens (including phenoxy) is 1. The van der Waals surface area contributed by atoms with Crippen molar-refractivity contribution in [2.24, 2.45) is 0 Å². The third-order valence-corrected chi connectivity index (χ3v) is 2.87. The molecular formula is C11H11BrN2O. The molecule has 3 nitrogen and oxygen atoms in total. The van der Waals surface area contributed by atoms with Crippen molar-refractivity contribution in [3.05, 3.63) is 40.6 Å². The normalized spacial score (nSPS) is 10.3. The molecule has 0 aliphatic heterocycles. The number of halogens is 1. The molecule has 4 heteroatoms. The highest BCUT2D eigenvalue weighted by Crippen LogP contribution is 2.26. The monoisotopic (exact) mass is 266 g/mol. The summed E-state index contributed by atoms with van der Waals surface area (Å²) in [5.74, 6) is 0.733. The lowest BCUT2D eigenvalue weighted by molar-refractivity contribution is 0.412. The van der Waals surface area contributed by atoms with Crippen LogP contribution < -0.4 is 4.74 Å². The van der Waals surface area contributed by atoms with Gasteiger partial charge in [0.1, 0.15) is 0 Å². The molecule has 0 N–H and O–H groups in total. The maximum absolute atomic E-state index is 5.15. The minimum Gasteiger partial charge on any atom is -0.492 e. The van der Waals surface area contributed by atoms with E-state index in [1.165, 1.54) is 5.56 Å². The van der Waals surface area contributed by atoms with Crippen molar-refractivity contribution in [3.8, 4) is 11.4 Å². The van der Waals surface area contributed by atoms with Gasteiger partial charge in [0.25, 0.3) is 0 Å². The summed E-state index contributed by atoms with van der Waals surface area (Å²) in [6, 6.07) is 8.13. The summed E-state index contributed by atoms with van der Waals surface area (Å²) in [6.45, 7) is 2.05. The minimum absolute atomic E-state index is 0.733. The average Bonchev–Trinajstić information content (AvgIpc) is 2.59. The van der Waals surface area contributed by atoms with Gasteiger partial charge in [0, 0.05) is 0 Å². The van der Waals surface area contributed by atoms with Crippen molar-refractivity contribution in [1.82, 2.24) is 9.78 Å². The molecule has 1 aromatic heterocycles. The first-order valence-electron chi connectivity index (χ1n) is 4.57. The van der Waals surface area contributed by atoms with Crippen molar-refractivity contribution in [2.75, 3.05) is 7.11 Å². The SMILES string of the molecule is COc1cnn(-c2cccc(C)c2)c1Br. The lowest BCUT2D eigenvalue weighted by atomic mass is 10.2. The second-order valence-electron chi connectivity index (χ2n) is 3.25. The zero-order chi connectivity index (χ0) is 10.8. The van der Waals surface area contributed by atoms with E-state index in [1.807, 2.05) is 12.1 Å². The fraction of sp³-hybridized carbons (Fsp3) is 0.182. The number of aryl methyl sites for hydroxylation is 1. The molecule has 0 aliphatic carbocycles. The van der Waals surface area contributed by atoms with Crippen LogP contribution in [0.15, 0.2) is 35.1 Å². The van der Waals surface area contributed by atoms with Crippen LogP contribution in [0.25, 0.3) is 5.69 Å². The Hall–Kier alpha value is -1.29. The highest BCUT2D eigenvalue weighted by molar-refractivity contribution is 9.10. The first-order chi connectivity index (χ1) is 7.22. The summed E-state index contributed by atoms with van der Waals surface area (Å²) in [5.41, 5.74) is 2.22. The van der Waals surface area contributed by atoms with E-state index in [9.17, 15) is 0 Å². The third kappa shape index (κ3) is 1.90. The van der Waals surface area contributed by atoms with Crippen molar-refractivity contribution in [2.45, 2.75) is 6.92 Å². The van der Waals surface area contributed by atoms with E-state index in [1.54, 1.807) is 18.0 Å². The lowest BCUT2D eigenvalue weighted by Gasteiger charge is -2.04. The quantitative estimate of drug-likeness (QED) is 0.836. The van der Waals surface area contributed by atoms with Gasteiger partial charge in [-0.3, -0.25) is 0 Å². The molecule has 78 valence electrons. The van der Waals surface area contributed by atoms with Gasteiger partial charge in [0.05, 0.1) is 19.0 Å². The smallest absolute Gasteiger partial charge is 0.171 e. The topological polar surface area (TPSA) is 27.1 Å². The van der Waals surface area contributed by atoms with E-state index in [0.29, 0.717) is 0 Å². The molecule has 0 saturated carbocycles. The molecule has 1 heterocycles. The second kappa shape index (κ2) is 4.06. The maximum atomic E-state index is 5.15. The van der Waals surface area contributed by atoms with Gasteiger partial charge < -0.3 is 4.74 Å². The summed E-state index contributed by atoms with van der Waals surface area (Å²) in [7, 11) is 1.63. The number of rotatable bonds is 2. The van der Waals surface area contributed by atoms with Crippen LogP contribution in [0.4, 0.5) is 0 Å². The molecular weight excluding hydrogens is 256 g/mol. The lowest BCUT2D eigenvalue weighted by Crippen LogP contribution is -1.96. The van der Waals surface area contributed by atoms with Crippen LogP contribution in [0.5, 0.6) is 5.75 Å². The largest absolute Gasteiger partial charge is 0.492 e. The Kier molecular flexibility index (Phi) is 2.77. The van der Waals surface area contributed by atoms with Gasteiger partial charge >= 0.3 is 0 Å². The van der Waals surface area contributed by atoms with Gasteiger partial charge in [-0.1, -0.05) is 12.1 Å². The van der Waals surface area contributed by atoms with Gasteiger partial charge in [-0.15, -0.1) is 0 Å². The van der Waals surface area contributed by atoms with Gasteiger partial charge in [-0.2, -0.15) is 5.10 Å². The Balaban J connectivity index is 2.49. The predicted molar refractivity (Wildman–Crippen MR) is 62.6 cm³/mol. The Morgan fingerprint density at radius 2 is 2.20 bits per heavy atom. The highest BCUT2D eigenvalue weighted by atomic mass is 79.9. The zero-order valence-corrected chi connectivity index (χ0v) is 10.2. The molecule has 0 spiro atoms. The molecule has 0 amide bonds. The molecule has 2 rings (SSSR count). The molecule has 0 unspecified atom stereocenters. The molecule has 0 atom stereocenters. The number of nitrogens with zero attached hydrogens (tertiary/aromatic N) is 2. The first-order valence-corrected chi connectivity index (χ1v) is 5.36. The summed E-state index contributed by atoms with van der Waals surface area (Å²) in [4.78, 5) is 0. The number of methoxy groups -OCH3 is 1. The number of aromatic nitrogens is 2. The molecule has 0 saturated heterocycles. The Morgan fingerprint density at radius 1 is 1.40 bits per heavy atom. The van der Waals surface area contributed by atoms with Crippen LogP contribution in [-0.2, 0) is 0 Å². The molecule has 2 aromatic rings. The van der Waals surface area contributed by atoms with E-state index in [2.05, 4.69) is 40.1 Å². The van der Waals surface area contributed by atoms with E-state index in [4.69, 9.17) is 4.74 Å². The van der Waals surface area contributed by atoms with Gasteiger partial charge in [-0.25, -0.2) is 4.68 Å². The summed E-state index contributed by atoms with van der Waals surface area (Å²) >= 11 is 3.45. The molecule has 0 radical (unpaired) electrons. The van der Waals surface area contributed by atoms with E-state index in [-0.39, 0.29) is 0 Å². The van der Waals surface area contributed by atoms with Gasteiger partial charge in [-0.05, 0) is 40.5 Å².